The number of unbranched alkanes of at least 4 members (excludes halogenated alkanes) is 1. The number of hydrogen-bond acceptors (Lipinski definition) is 5. The van der Waals surface area contributed by atoms with Gasteiger partial charge in [-0.15, -0.1) is 0 Å². The van der Waals surface area contributed by atoms with E-state index in [1.807, 2.05) is 12.1 Å². The van der Waals surface area contributed by atoms with Crippen LogP contribution >= 0.6 is 0 Å². The van der Waals surface area contributed by atoms with Crippen molar-refractivity contribution in [3.8, 4) is 11.4 Å². The summed E-state index contributed by atoms with van der Waals surface area (Å²) in [4.78, 5) is 41.4. The van der Waals surface area contributed by atoms with Gasteiger partial charge in [0.25, 0.3) is 5.91 Å². The number of amides is 2. The van der Waals surface area contributed by atoms with E-state index in [9.17, 15) is 9.59 Å². The first-order chi connectivity index (χ1) is 12.6. The van der Waals surface area contributed by atoms with Gasteiger partial charge in [0.1, 0.15) is 6.04 Å². The molecule has 0 saturated carbocycles. The zero-order valence-corrected chi connectivity index (χ0v) is 15.1. The molecule has 1 aliphatic rings. The van der Waals surface area contributed by atoms with E-state index in [1.165, 1.54) is 12.4 Å². The van der Waals surface area contributed by atoms with E-state index in [0.717, 1.165) is 18.4 Å². The van der Waals surface area contributed by atoms with E-state index in [-0.39, 0.29) is 11.8 Å². The minimum Gasteiger partial charge on any atom is -0.342 e. The van der Waals surface area contributed by atoms with Gasteiger partial charge >= 0.3 is 0 Å². The molecule has 3 rings (SSSR count). The molecule has 1 fully saturated rings. The van der Waals surface area contributed by atoms with Gasteiger partial charge < -0.3 is 9.80 Å². The Balaban J connectivity index is 1.79. The summed E-state index contributed by atoms with van der Waals surface area (Å²) in [5.74, 6) is 0.363. The molecule has 0 aliphatic carbocycles. The summed E-state index contributed by atoms with van der Waals surface area (Å²) in [6.45, 7) is 3.15. The summed E-state index contributed by atoms with van der Waals surface area (Å²) in [5.41, 5.74) is 1.25. The van der Waals surface area contributed by atoms with Gasteiger partial charge in [-0.1, -0.05) is 19.8 Å². The molecule has 2 aromatic rings. The lowest BCUT2D eigenvalue weighted by Crippen LogP contribution is -2.57. The summed E-state index contributed by atoms with van der Waals surface area (Å²) < 4.78 is 0. The van der Waals surface area contributed by atoms with Crippen molar-refractivity contribution in [2.75, 3.05) is 20.1 Å². The average Bonchev–Trinajstić information content (AvgIpc) is 2.69. The van der Waals surface area contributed by atoms with E-state index in [4.69, 9.17) is 0 Å². The van der Waals surface area contributed by atoms with Gasteiger partial charge in [-0.05, 0) is 18.6 Å². The van der Waals surface area contributed by atoms with Gasteiger partial charge in [0.15, 0.2) is 5.82 Å². The second-order valence-corrected chi connectivity index (χ2v) is 6.45. The number of aromatic nitrogens is 3. The zero-order valence-electron chi connectivity index (χ0n) is 15.1. The van der Waals surface area contributed by atoms with Crippen molar-refractivity contribution in [2.45, 2.75) is 32.2 Å². The molecule has 7 nitrogen and oxygen atoms in total. The first kappa shape index (κ1) is 18.0. The van der Waals surface area contributed by atoms with Crippen LogP contribution in [-0.2, 0) is 4.79 Å². The van der Waals surface area contributed by atoms with Gasteiger partial charge in [0, 0.05) is 50.5 Å². The second kappa shape index (κ2) is 8.03. The Morgan fingerprint density at radius 3 is 2.54 bits per heavy atom. The summed E-state index contributed by atoms with van der Waals surface area (Å²) in [7, 11) is 1.79. The van der Waals surface area contributed by atoms with Crippen molar-refractivity contribution >= 4 is 11.8 Å². The number of likely N-dealkylation sites (N-methyl/N-ethyl adjacent to an activating group) is 1. The van der Waals surface area contributed by atoms with Crippen LogP contribution in [0.3, 0.4) is 0 Å². The Labute approximate surface area is 153 Å². The van der Waals surface area contributed by atoms with Gasteiger partial charge in [-0.3, -0.25) is 14.6 Å². The largest absolute Gasteiger partial charge is 0.342 e. The number of piperazine rings is 1. The highest BCUT2D eigenvalue weighted by molar-refractivity contribution is 5.97. The predicted molar refractivity (Wildman–Crippen MR) is 97.2 cm³/mol. The van der Waals surface area contributed by atoms with E-state index in [2.05, 4.69) is 21.9 Å². The summed E-state index contributed by atoms with van der Waals surface area (Å²) in [6, 6.07) is 3.23. The number of carbonyl (C=O) groups excluding carboxylic acids is 2. The average molecular weight is 353 g/mol. The van der Waals surface area contributed by atoms with Crippen molar-refractivity contribution in [3.63, 3.8) is 0 Å². The van der Waals surface area contributed by atoms with Crippen LogP contribution in [-0.4, -0.2) is 62.7 Å². The van der Waals surface area contributed by atoms with Crippen molar-refractivity contribution < 1.29 is 9.59 Å². The lowest BCUT2D eigenvalue weighted by atomic mass is 10.0. The van der Waals surface area contributed by atoms with Gasteiger partial charge in [-0.2, -0.15) is 0 Å². The highest BCUT2D eigenvalue weighted by Crippen LogP contribution is 2.19. The predicted octanol–water partition coefficient (Wildman–Crippen LogP) is 2.01. The molecule has 136 valence electrons. The molecule has 7 heteroatoms. The van der Waals surface area contributed by atoms with E-state index in [1.54, 1.807) is 29.2 Å². The van der Waals surface area contributed by atoms with Crippen molar-refractivity contribution in [2.24, 2.45) is 0 Å². The molecule has 0 N–H and O–H groups in total. The van der Waals surface area contributed by atoms with Gasteiger partial charge in [0.2, 0.25) is 5.91 Å². The Bertz CT molecular complexity index is 763. The van der Waals surface area contributed by atoms with Crippen molar-refractivity contribution in [3.05, 3.63) is 42.5 Å². The SMILES string of the molecule is CCCCC1C(=O)N(C)CCN1C(=O)c1cnc(-c2ccncc2)nc1. The van der Waals surface area contributed by atoms with Crippen LogP contribution in [0.1, 0.15) is 36.5 Å². The number of rotatable bonds is 5. The lowest BCUT2D eigenvalue weighted by molar-refractivity contribution is -0.138. The second-order valence-electron chi connectivity index (χ2n) is 6.45. The number of hydrogen-bond donors (Lipinski definition) is 0. The smallest absolute Gasteiger partial charge is 0.257 e. The summed E-state index contributed by atoms with van der Waals surface area (Å²) in [6.07, 6.45) is 8.99. The molecule has 0 aromatic carbocycles. The molecule has 1 atom stereocenters. The van der Waals surface area contributed by atoms with E-state index < -0.39 is 6.04 Å². The molecule has 1 unspecified atom stereocenters. The minimum absolute atomic E-state index is 0.00683. The van der Waals surface area contributed by atoms with E-state index in [0.29, 0.717) is 30.9 Å². The van der Waals surface area contributed by atoms with Crippen LogP contribution < -0.4 is 0 Å². The van der Waals surface area contributed by atoms with Crippen molar-refractivity contribution in [1.29, 1.82) is 0 Å². The third-order valence-electron chi connectivity index (χ3n) is 4.64. The third-order valence-corrected chi connectivity index (χ3v) is 4.64. The van der Waals surface area contributed by atoms with Crippen LogP contribution in [0.2, 0.25) is 0 Å². The first-order valence-corrected chi connectivity index (χ1v) is 8.90. The third kappa shape index (κ3) is 3.71. The Morgan fingerprint density at radius 1 is 1.19 bits per heavy atom. The fourth-order valence-electron chi connectivity index (χ4n) is 3.09. The maximum atomic E-state index is 12.9. The number of nitrogens with zero attached hydrogens (tertiary/aromatic N) is 5. The molecule has 1 saturated heterocycles. The Morgan fingerprint density at radius 2 is 1.88 bits per heavy atom. The molecule has 0 radical (unpaired) electrons. The monoisotopic (exact) mass is 353 g/mol. The molecule has 0 bridgehead atoms. The quantitative estimate of drug-likeness (QED) is 0.821. The Kier molecular flexibility index (Phi) is 5.55. The highest BCUT2D eigenvalue weighted by atomic mass is 16.2. The standard InChI is InChI=1S/C19H23N5O2/c1-3-4-5-16-19(26)23(2)10-11-24(16)18(25)15-12-21-17(22-13-15)14-6-8-20-9-7-14/h6-9,12-13,16H,3-5,10-11H2,1-2H3. The van der Waals surface area contributed by atoms with E-state index >= 15 is 0 Å². The molecule has 1 aliphatic heterocycles. The fraction of sp³-hybridized carbons (Fsp3) is 0.421. The van der Waals surface area contributed by atoms with Crippen LogP contribution in [0.5, 0.6) is 0 Å². The molecule has 2 amide bonds. The zero-order chi connectivity index (χ0) is 18.5. The van der Waals surface area contributed by atoms with Crippen LogP contribution in [0, 0.1) is 0 Å². The maximum Gasteiger partial charge on any atom is 0.257 e. The number of carbonyl (C=O) groups is 2. The molecular weight excluding hydrogens is 330 g/mol. The first-order valence-electron chi connectivity index (χ1n) is 8.90. The van der Waals surface area contributed by atoms with Crippen LogP contribution in [0.25, 0.3) is 11.4 Å². The van der Waals surface area contributed by atoms with Gasteiger partial charge in [-0.25, -0.2) is 9.97 Å². The maximum absolute atomic E-state index is 12.9. The normalized spacial score (nSPS) is 17.5. The summed E-state index contributed by atoms with van der Waals surface area (Å²) >= 11 is 0. The lowest BCUT2D eigenvalue weighted by Gasteiger charge is -2.39. The Hall–Kier alpha value is -2.83. The molecule has 26 heavy (non-hydrogen) atoms. The molecule has 0 spiro atoms. The topological polar surface area (TPSA) is 79.3 Å². The van der Waals surface area contributed by atoms with Crippen molar-refractivity contribution in [1.82, 2.24) is 24.8 Å². The van der Waals surface area contributed by atoms with Crippen LogP contribution in [0.15, 0.2) is 36.9 Å². The molecular formula is C19H23N5O2. The summed E-state index contributed by atoms with van der Waals surface area (Å²) in [5, 5.41) is 0. The highest BCUT2D eigenvalue weighted by Gasteiger charge is 2.35. The molecule has 3 heterocycles. The molecule has 2 aromatic heterocycles. The van der Waals surface area contributed by atoms with Gasteiger partial charge in [0.05, 0.1) is 5.56 Å². The van der Waals surface area contributed by atoms with Crippen LogP contribution in [0.4, 0.5) is 0 Å². The number of pyridine rings is 1. The fourth-order valence-corrected chi connectivity index (χ4v) is 3.09. The minimum atomic E-state index is -0.402.